The molecule has 0 saturated heterocycles. The van der Waals surface area contributed by atoms with Crippen LogP contribution >= 0.6 is 137 Å². The molecule has 0 amide bonds. The van der Waals surface area contributed by atoms with Gasteiger partial charge < -0.3 is 9.15 Å². The molecule has 1 aliphatic heterocycles. The summed E-state index contributed by atoms with van der Waals surface area (Å²) >= 11 is 34.0. The van der Waals surface area contributed by atoms with Gasteiger partial charge >= 0.3 is 0 Å². The summed E-state index contributed by atoms with van der Waals surface area (Å²) in [5.41, 5.74) is 2.52. The molecule has 0 saturated carbocycles. The Bertz CT molecular complexity index is 1440. The zero-order valence-corrected chi connectivity index (χ0v) is 26.6. The second-order valence-electron chi connectivity index (χ2n) is 6.29. The number of halogens is 8. The Hall–Kier alpha value is 1.01. The van der Waals surface area contributed by atoms with E-state index in [0.29, 0.717) is 35.4 Å². The van der Waals surface area contributed by atoms with Crippen LogP contribution in [0.4, 0.5) is 0 Å². The Labute approximate surface area is 251 Å². The van der Waals surface area contributed by atoms with Crippen molar-refractivity contribution in [3.63, 3.8) is 0 Å². The number of rotatable bonds is 2. The van der Waals surface area contributed by atoms with Gasteiger partial charge in [-0.3, -0.25) is 4.79 Å². The van der Waals surface area contributed by atoms with Gasteiger partial charge in [0.25, 0.3) is 0 Å². The highest BCUT2D eigenvalue weighted by molar-refractivity contribution is 14.1. The first-order chi connectivity index (χ1) is 14.6. The van der Waals surface area contributed by atoms with Crippen LogP contribution in [0.3, 0.4) is 0 Å². The average molecular weight is 944 g/mol. The van der Waals surface area contributed by atoms with Crippen LogP contribution in [0.5, 0.6) is 5.75 Å². The molecule has 160 valence electrons. The lowest BCUT2D eigenvalue weighted by Gasteiger charge is -2.20. The van der Waals surface area contributed by atoms with Crippen molar-refractivity contribution in [3.8, 4) is 28.2 Å². The zero-order chi connectivity index (χ0) is 22.8. The second-order valence-corrected chi connectivity index (χ2v) is 12.3. The van der Waals surface area contributed by atoms with Crippen LogP contribution in [-0.2, 0) is 0 Å². The third-order valence-corrected chi connectivity index (χ3v) is 9.90. The molecule has 0 bridgehead atoms. The fourth-order valence-corrected chi connectivity index (χ4v) is 8.13. The average Bonchev–Trinajstić information content (AvgIpc) is 2.73. The lowest BCUT2D eigenvalue weighted by molar-refractivity contribution is 0.408. The third kappa shape index (κ3) is 4.18. The SMILES string of the molecule is COc1c(I)cc2c(-c3cc(Cl)c(Cl)c(Cl)c3Cl)c3cc(I)c(=O)c(I)c-3oc2c1I. The number of ether oxygens (including phenoxy) is 1. The fraction of sp³-hybridized carbons (Fsp3) is 0.0500. The molecule has 2 aromatic rings. The van der Waals surface area contributed by atoms with Crippen molar-refractivity contribution in [1.29, 1.82) is 0 Å². The van der Waals surface area contributed by atoms with Crippen molar-refractivity contribution in [2.24, 2.45) is 0 Å². The van der Waals surface area contributed by atoms with Crippen molar-refractivity contribution >= 4 is 148 Å². The Kier molecular flexibility index (Phi) is 7.76. The second kappa shape index (κ2) is 9.57. The molecule has 0 aromatic heterocycles. The summed E-state index contributed by atoms with van der Waals surface area (Å²) in [6, 6.07) is 5.42. The number of methoxy groups -OCH3 is 1. The highest BCUT2D eigenvalue weighted by atomic mass is 127. The van der Waals surface area contributed by atoms with E-state index in [4.69, 9.17) is 55.6 Å². The van der Waals surface area contributed by atoms with Crippen molar-refractivity contribution in [3.05, 3.63) is 62.8 Å². The van der Waals surface area contributed by atoms with E-state index < -0.39 is 0 Å². The minimum Gasteiger partial charge on any atom is -0.494 e. The van der Waals surface area contributed by atoms with Gasteiger partial charge in [-0.2, -0.15) is 0 Å². The zero-order valence-electron chi connectivity index (χ0n) is 15.0. The van der Waals surface area contributed by atoms with Crippen LogP contribution < -0.4 is 10.2 Å². The summed E-state index contributed by atoms with van der Waals surface area (Å²) < 4.78 is 14.5. The van der Waals surface area contributed by atoms with Crippen molar-refractivity contribution in [2.45, 2.75) is 0 Å². The van der Waals surface area contributed by atoms with Crippen LogP contribution in [0.15, 0.2) is 27.4 Å². The lowest BCUT2D eigenvalue weighted by atomic mass is 9.93. The maximum atomic E-state index is 12.7. The number of hydrogen-bond donors (Lipinski definition) is 0. The maximum Gasteiger partial charge on any atom is 0.209 e. The van der Waals surface area contributed by atoms with Gasteiger partial charge in [-0.15, -0.1) is 0 Å². The highest BCUT2D eigenvalue weighted by Gasteiger charge is 2.28. The van der Waals surface area contributed by atoms with Gasteiger partial charge in [0.2, 0.25) is 5.43 Å². The summed E-state index contributed by atoms with van der Waals surface area (Å²) in [4.78, 5) is 12.7. The molecule has 0 radical (unpaired) electrons. The molecule has 2 aliphatic rings. The quantitative estimate of drug-likeness (QED) is 0.0871. The fourth-order valence-electron chi connectivity index (χ4n) is 3.22. The van der Waals surface area contributed by atoms with E-state index in [2.05, 4.69) is 45.2 Å². The first-order valence-corrected chi connectivity index (χ1v) is 14.0. The smallest absolute Gasteiger partial charge is 0.209 e. The predicted molar refractivity (Wildman–Crippen MR) is 162 cm³/mol. The number of benzene rings is 3. The monoisotopic (exact) mass is 942 g/mol. The van der Waals surface area contributed by atoms with Gasteiger partial charge in [0.15, 0.2) is 11.3 Å². The van der Waals surface area contributed by atoms with Gasteiger partial charge in [0.1, 0.15) is 9.32 Å². The lowest BCUT2D eigenvalue weighted by Crippen LogP contribution is -2.12. The Morgan fingerprint density at radius 1 is 0.839 bits per heavy atom. The molecule has 1 aliphatic carbocycles. The van der Waals surface area contributed by atoms with Gasteiger partial charge in [-0.25, -0.2) is 0 Å². The normalized spacial score (nSPS) is 11.5. The van der Waals surface area contributed by atoms with Gasteiger partial charge in [-0.1, -0.05) is 46.4 Å². The van der Waals surface area contributed by atoms with E-state index in [9.17, 15) is 4.79 Å². The number of hydrogen-bond acceptors (Lipinski definition) is 3. The van der Waals surface area contributed by atoms with Crippen LogP contribution in [0.25, 0.3) is 33.4 Å². The van der Waals surface area contributed by atoms with E-state index in [0.717, 1.165) is 18.1 Å². The molecule has 31 heavy (non-hydrogen) atoms. The molecule has 0 N–H and O–H groups in total. The predicted octanol–water partition coefficient (Wildman–Crippen LogP) is 9.61. The minimum atomic E-state index is -0.103. The van der Waals surface area contributed by atoms with Gasteiger partial charge in [0, 0.05) is 22.1 Å². The van der Waals surface area contributed by atoms with Crippen LogP contribution in [-0.4, -0.2) is 7.11 Å². The molecule has 0 unspecified atom stereocenters. The molecule has 4 rings (SSSR count). The third-order valence-electron chi connectivity index (χ3n) is 4.58. The first-order valence-electron chi connectivity index (χ1n) is 8.22. The highest BCUT2D eigenvalue weighted by Crippen LogP contribution is 2.50. The minimum absolute atomic E-state index is 0.103. The Balaban J connectivity index is 2.34. The van der Waals surface area contributed by atoms with Crippen molar-refractivity contribution < 1.29 is 9.15 Å². The molecule has 0 atom stereocenters. The molecular formula is C20H6Cl4I4O3. The van der Waals surface area contributed by atoms with Crippen molar-refractivity contribution in [1.82, 2.24) is 0 Å². The van der Waals surface area contributed by atoms with Crippen LogP contribution in [0.2, 0.25) is 20.1 Å². The van der Waals surface area contributed by atoms with E-state index in [1.807, 2.05) is 51.2 Å². The van der Waals surface area contributed by atoms with Gasteiger partial charge in [-0.05, 0) is 109 Å². The Morgan fingerprint density at radius 2 is 1.52 bits per heavy atom. The van der Waals surface area contributed by atoms with E-state index in [-0.39, 0.29) is 25.5 Å². The summed E-state index contributed by atoms with van der Waals surface area (Å²) in [6.07, 6.45) is 0. The molecule has 2 aromatic carbocycles. The summed E-state index contributed by atoms with van der Waals surface area (Å²) in [5, 5.41) is 1.67. The Morgan fingerprint density at radius 3 is 2.16 bits per heavy atom. The van der Waals surface area contributed by atoms with Gasteiger partial charge in [0.05, 0.1) is 37.9 Å². The topological polar surface area (TPSA) is 39.4 Å². The summed E-state index contributed by atoms with van der Waals surface area (Å²) in [6.45, 7) is 0. The first kappa shape index (κ1) is 25.1. The van der Waals surface area contributed by atoms with Crippen LogP contribution in [0, 0.1) is 14.3 Å². The van der Waals surface area contributed by atoms with E-state index >= 15 is 0 Å². The standard InChI is InChI=1S/C20H6Cl4I4O3/c1-30-20-10(26)4-7-11(5-2-8(21)13(23)14(24)12(5)22)6-3-9(25)17(29)15(27)18(6)31-19(7)16(20)28/h2-4H,1H3. The maximum absolute atomic E-state index is 12.7. The van der Waals surface area contributed by atoms with E-state index in [1.54, 1.807) is 19.2 Å². The van der Waals surface area contributed by atoms with Crippen LogP contribution in [0.1, 0.15) is 0 Å². The molecule has 3 nitrogen and oxygen atoms in total. The largest absolute Gasteiger partial charge is 0.494 e. The molecule has 11 heteroatoms. The van der Waals surface area contributed by atoms with Crippen molar-refractivity contribution in [2.75, 3.05) is 7.11 Å². The van der Waals surface area contributed by atoms with E-state index in [1.165, 1.54) is 0 Å². The summed E-state index contributed by atoms with van der Waals surface area (Å²) in [7, 11) is 1.60. The molecule has 1 heterocycles. The molecule has 0 fully saturated rings. The summed E-state index contributed by atoms with van der Waals surface area (Å²) in [5.74, 6) is 1.14. The number of fused-ring (bicyclic) bond motifs is 2. The molecular weight excluding hydrogens is 938 g/mol. The molecule has 0 spiro atoms.